The Morgan fingerprint density at radius 1 is 0.741 bits per heavy atom. The van der Waals surface area contributed by atoms with Gasteiger partial charge in [-0.05, 0) is 140 Å². The Morgan fingerprint density at radius 3 is 1.88 bits per heavy atom. The van der Waals surface area contributed by atoms with E-state index in [-0.39, 0.29) is 111 Å². The Balaban J connectivity index is 0.00000337. The number of hydrogen-bond acceptors (Lipinski definition) is 26. The average Bonchev–Trinajstić information content (AvgIpc) is 1.52. The van der Waals surface area contributed by atoms with Crippen molar-refractivity contribution in [2.75, 3.05) is 65.5 Å². The van der Waals surface area contributed by atoms with Crippen LogP contribution in [-0.4, -0.2) is 211 Å². The standard InChI is InChI=1S/C73H112N17O15P.CN.3CHO.Co.Mn/c1-39-30-49-50(31-40(39)2)90(38-84-49)67-62(98)63(51(103-67)37-102-68(99)89-28-13-24-81-26-25-80-22-12-23-82-27-29-89)105-106(100,101)104-41(3)36-83-59(97)20-21-70(8)47(32-56(77)94)66-73(11)72(10,35-58(79)96)46(16-19-55(76)93)61(88-73)43(5)65-71(9,34-57(78)95)44(14-17-53(74)91)48(85-65)33-52-69(6,7)45(15-18-54(75)92)60(86-52)42(4)64(70)87-66;4*1-2;;/h30-31,33,38,41,44-47,51,62-63,66-67,80-82,85,98H,12-29,32,34-37H2,1-11H3,(H2,74,91)(H2,75,92)(H2,76,93)(H2,77,94)(H2,78,95)(H2,79,96)(H,83,97)(H,100,101);;3*1H;;/q;4*-1;+2;+3/b48-33-,60-42-,65-43-;;;;;;/t41-,44-,45-,46-,47+,51-,62-,63-,66-,67+,70-,71+,72+,73+;;;;;;/m1....../s1. The second-order valence-corrected chi connectivity index (χ2v) is 32.8. The number of fused-ring (bicyclic) bond motifs is 7. The van der Waals surface area contributed by atoms with E-state index in [1.807, 2.05) is 87.4 Å². The number of aliphatic hydroxyl groups excluding tert-OH is 1. The van der Waals surface area contributed by atoms with E-state index in [2.05, 4.69) is 51.9 Å². The molecular formula is C77H115CoMnN18O18P+. The van der Waals surface area contributed by atoms with Crippen molar-refractivity contribution in [3.05, 3.63) is 70.5 Å². The third kappa shape index (κ3) is 23.6. The van der Waals surface area contributed by atoms with E-state index < -0.39 is 149 Å². The van der Waals surface area contributed by atoms with Crippen molar-refractivity contribution in [3.8, 4) is 0 Å². The zero-order valence-corrected chi connectivity index (χ0v) is 70.9. The fraction of sp³-hybridized carbons (Fsp3) is 0.636. The molecule has 19 N–H and O–H groups in total. The number of amides is 8. The van der Waals surface area contributed by atoms with Gasteiger partial charge in [0.25, 0.3) is 0 Å². The van der Waals surface area contributed by atoms with E-state index in [0.717, 1.165) is 43.7 Å². The van der Waals surface area contributed by atoms with Gasteiger partial charge in [-0.15, -0.1) is 0 Å². The first-order chi connectivity index (χ1) is 53.8. The van der Waals surface area contributed by atoms with Gasteiger partial charge in [0.05, 0.1) is 35.0 Å². The molecule has 8 amide bonds. The number of nitrogens with two attached hydrogens (primary N) is 6. The number of ether oxygens (including phenoxy) is 2. The number of imidazole rings is 1. The fourth-order valence-corrected chi connectivity index (χ4v) is 18.6. The fourth-order valence-electron chi connectivity index (χ4n) is 17.5. The van der Waals surface area contributed by atoms with Gasteiger partial charge in [-0.3, -0.25) is 78.0 Å². The molecule has 7 aliphatic rings. The molecule has 2 aromatic rings. The Kier molecular flexibility index (Phi) is 39.1. The van der Waals surface area contributed by atoms with Gasteiger partial charge in [-0.25, -0.2) is 14.3 Å². The SMILES string of the molecule is C/C1=C2N=C(/C=C3\N/C(=C(/C)C4=N[C@@](C)([C@@H]5N=C1[C@](C)(CCC(=O)NC[C@@H](C)OP(=O)(O)O[C@H]1[C@@H](O)[C@@H](n6cnc7cc(C)c(C)cc76)O[C@@H]1COC(=O)N1CCCNCCNCCCNCC1)[C@H]5CC(N)=O)[C@@](C)(CC(N)=O)[C@@H]4CCC(N)=O)[C@@](C)(CC(N)=O)[C@@H]3CCC(N)=O)C(C)(C)[C@@H]/2CCC(N)=O.[C-]#N.[CH-]=O.[CH-]=O.[CH-]=O.[Co+2].[Mn+3]. The molecule has 7 aliphatic heterocycles. The predicted octanol–water partition coefficient (Wildman–Crippen LogP) is 2.44. The number of aliphatic hydroxyl groups is 1. The molecule has 0 saturated carbocycles. The first-order valence-corrected chi connectivity index (χ1v) is 39.3. The van der Waals surface area contributed by atoms with Crippen LogP contribution in [0.3, 0.4) is 0 Å². The van der Waals surface area contributed by atoms with Gasteiger partial charge < -0.3 is 116 Å². The van der Waals surface area contributed by atoms with E-state index in [1.54, 1.807) is 9.47 Å². The van der Waals surface area contributed by atoms with E-state index >= 15 is 0 Å². The van der Waals surface area contributed by atoms with Crippen LogP contribution in [0.25, 0.3) is 11.0 Å². The quantitative estimate of drug-likeness (QED) is 0.0264. The van der Waals surface area contributed by atoms with Crippen molar-refractivity contribution in [2.45, 2.75) is 202 Å². The minimum atomic E-state index is -5.22. The number of phosphoric ester groups is 1. The molecule has 0 spiro atoms. The van der Waals surface area contributed by atoms with Crippen molar-refractivity contribution in [3.63, 3.8) is 0 Å². The van der Waals surface area contributed by atoms with Gasteiger partial charge in [0.2, 0.25) is 41.4 Å². The number of rotatable bonds is 27. The van der Waals surface area contributed by atoms with Crippen LogP contribution in [0.4, 0.5) is 4.79 Å². The van der Waals surface area contributed by atoms with Crippen molar-refractivity contribution in [1.82, 2.24) is 41.0 Å². The third-order valence-corrected chi connectivity index (χ3v) is 24.7. The molecule has 3 saturated heterocycles. The van der Waals surface area contributed by atoms with Gasteiger partial charge in [-0.2, -0.15) is 0 Å². The molecule has 8 heterocycles. The normalized spacial score (nSPS) is 29.9. The van der Waals surface area contributed by atoms with Crippen LogP contribution in [0.5, 0.6) is 0 Å². The van der Waals surface area contributed by atoms with Gasteiger partial charge in [0, 0.05) is 164 Å². The van der Waals surface area contributed by atoms with E-state index in [1.165, 1.54) is 13.3 Å². The largest absolute Gasteiger partial charge is 3.00 e. The first kappa shape index (κ1) is 102. The van der Waals surface area contributed by atoms with E-state index in [4.69, 9.17) is 94.1 Å². The number of benzene rings is 1. The summed E-state index contributed by atoms with van der Waals surface area (Å²) in [5, 5.41) is 35.0. The van der Waals surface area contributed by atoms with E-state index in [9.17, 15) is 52.9 Å². The number of aryl methyl sites for hydroxylation is 2. The number of nitrogens with zero attached hydrogens (tertiary/aromatic N) is 7. The van der Waals surface area contributed by atoms with Crippen molar-refractivity contribution in [2.24, 2.45) is 94.7 Å². The smallest absolute Gasteiger partial charge is 0.545 e. The van der Waals surface area contributed by atoms with Gasteiger partial charge in [0.15, 0.2) is 6.23 Å². The number of primary amides is 6. The second kappa shape index (κ2) is 44.5. The van der Waals surface area contributed by atoms with Gasteiger partial charge in [-0.1, -0.05) is 34.6 Å². The molecule has 1 aromatic heterocycles. The summed E-state index contributed by atoms with van der Waals surface area (Å²) in [5.74, 6) is -7.30. The third-order valence-electron chi connectivity index (χ3n) is 23.6. The summed E-state index contributed by atoms with van der Waals surface area (Å²) < 4.78 is 39.8. The molecule has 8 bridgehead atoms. The summed E-state index contributed by atoms with van der Waals surface area (Å²) in [6.45, 7) is 39.0. The number of carbonyl (C=O) groups is 8. The molecule has 1 aromatic carbocycles. The summed E-state index contributed by atoms with van der Waals surface area (Å²) in [4.78, 5) is 166. The molecule has 15 atom stereocenters. The van der Waals surface area contributed by atoms with Crippen LogP contribution in [-0.2, 0) is 105 Å². The van der Waals surface area contributed by atoms with Crippen LogP contribution in [0.2, 0.25) is 0 Å². The molecule has 3 fully saturated rings. The van der Waals surface area contributed by atoms with Crippen molar-refractivity contribution >= 4 is 104 Å². The Bertz CT molecular complexity index is 4100. The number of aromatic nitrogens is 2. The number of carbonyl (C=O) groups excluding carboxylic acids is 11. The van der Waals surface area contributed by atoms with Crippen molar-refractivity contribution in [1.29, 1.82) is 5.26 Å². The maximum Gasteiger partial charge on any atom is 3.00 e. The summed E-state index contributed by atoms with van der Waals surface area (Å²) in [6.07, 6.45) is -3.89. The molecule has 116 heavy (non-hydrogen) atoms. The topological polar surface area (TPSA) is 580 Å². The molecule has 641 valence electrons. The van der Waals surface area contributed by atoms with Crippen LogP contribution in [0.1, 0.15) is 163 Å². The Hall–Kier alpha value is -8.28. The zero-order chi connectivity index (χ0) is 85.8. The maximum atomic E-state index is 14.7. The summed E-state index contributed by atoms with van der Waals surface area (Å²) in [6, 6.07) is 2.70. The molecule has 1 unspecified atom stereocenters. The molecule has 0 aliphatic carbocycles. The monoisotopic (exact) mass is 1720 g/mol. The number of hydrogen-bond donors (Lipinski definition) is 13. The van der Waals surface area contributed by atoms with Gasteiger partial charge in [0.1, 0.15) is 24.9 Å². The summed E-state index contributed by atoms with van der Waals surface area (Å²) in [5.41, 5.74) is 37.4. The number of aliphatic imine (C=N–C) groups is 3. The molecule has 36 nitrogen and oxygen atoms in total. The number of allylic oxidation sites excluding steroid dienone is 6. The zero-order valence-electron chi connectivity index (χ0n) is 67.8. The predicted molar refractivity (Wildman–Crippen MR) is 422 cm³/mol. The molecule has 9 rings (SSSR count). The second-order valence-electron chi connectivity index (χ2n) is 31.4. The molecular weight excluding hydrogens is 1610 g/mol. The number of nitrogens with one attached hydrogen (secondary N) is 5. The van der Waals surface area contributed by atoms with Crippen LogP contribution >= 0.6 is 7.82 Å². The summed E-state index contributed by atoms with van der Waals surface area (Å²) in [7, 11) is -5.22. The molecule has 1 radical (unpaired) electrons. The Morgan fingerprint density at radius 2 is 1.30 bits per heavy atom. The maximum absolute atomic E-state index is 14.7. The summed E-state index contributed by atoms with van der Waals surface area (Å²) >= 11 is 0. The minimum Gasteiger partial charge on any atom is -0.545 e. The van der Waals surface area contributed by atoms with Gasteiger partial charge >= 0.3 is 47.8 Å². The first-order valence-electron chi connectivity index (χ1n) is 37.9. The van der Waals surface area contributed by atoms with Crippen LogP contribution in [0.15, 0.2) is 67.8 Å². The molecule has 39 heteroatoms. The number of phosphoric acid groups is 1. The van der Waals surface area contributed by atoms with Crippen molar-refractivity contribution < 1.29 is 120 Å². The average molecular weight is 1730 g/mol. The van der Waals surface area contributed by atoms with E-state index in [0.29, 0.717) is 89.0 Å². The van der Waals surface area contributed by atoms with Crippen LogP contribution < -0.4 is 61.0 Å². The Labute approximate surface area is 698 Å². The van der Waals surface area contributed by atoms with Crippen LogP contribution in [0, 0.1) is 71.0 Å². The minimum absolute atomic E-state index is 0.